The summed E-state index contributed by atoms with van der Waals surface area (Å²) in [4.78, 5) is 24.5. The second-order valence-corrected chi connectivity index (χ2v) is 20.0. The first kappa shape index (κ1) is 70.0. The van der Waals surface area contributed by atoms with E-state index in [0.29, 0.717) is 12.8 Å². The zero-order chi connectivity index (χ0) is 53.4. The van der Waals surface area contributed by atoms with Crippen molar-refractivity contribution >= 4 is 11.9 Å². The monoisotopic (exact) mass is 1020 g/mol. The smallest absolute Gasteiger partial charge is 0.306 e. The van der Waals surface area contributed by atoms with E-state index in [2.05, 4.69) is 148 Å². The molecule has 5 nitrogen and oxygen atoms in total. The Labute approximate surface area is 457 Å². The molecule has 0 aromatic carbocycles. The van der Waals surface area contributed by atoms with Crippen molar-refractivity contribution in [3.63, 3.8) is 0 Å². The van der Waals surface area contributed by atoms with Gasteiger partial charge in [0, 0.05) is 12.8 Å². The van der Waals surface area contributed by atoms with Gasteiger partial charge < -0.3 is 14.6 Å². The second kappa shape index (κ2) is 63.3. The minimum atomic E-state index is -0.788. The van der Waals surface area contributed by atoms with Crippen LogP contribution in [0.3, 0.4) is 0 Å². The van der Waals surface area contributed by atoms with E-state index in [1.54, 1.807) is 0 Å². The van der Waals surface area contributed by atoms with Gasteiger partial charge in [0.25, 0.3) is 0 Å². The Morgan fingerprint density at radius 2 is 0.541 bits per heavy atom. The average Bonchev–Trinajstić information content (AvgIpc) is 3.40. The summed E-state index contributed by atoms with van der Waals surface area (Å²) < 4.78 is 10.7. The summed E-state index contributed by atoms with van der Waals surface area (Å²) in [5, 5.41) is 9.66. The molecule has 0 spiro atoms. The molecule has 0 amide bonds. The predicted molar refractivity (Wildman–Crippen MR) is 324 cm³/mol. The van der Waals surface area contributed by atoms with Gasteiger partial charge in [0.15, 0.2) is 6.10 Å². The fourth-order valence-corrected chi connectivity index (χ4v) is 8.41. The van der Waals surface area contributed by atoms with Gasteiger partial charge >= 0.3 is 11.9 Å². The van der Waals surface area contributed by atoms with Crippen LogP contribution in [0.2, 0.25) is 0 Å². The lowest BCUT2D eigenvalue weighted by Gasteiger charge is -2.15. The van der Waals surface area contributed by atoms with Crippen LogP contribution in [0, 0.1) is 0 Å². The lowest BCUT2D eigenvalue weighted by Crippen LogP contribution is -2.28. The van der Waals surface area contributed by atoms with Crippen molar-refractivity contribution in [2.75, 3.05) is 13.2 Å². The molecule has 0 heterocycles. The van der Waals surface area contributed by atoms with Crippen LogP contribution in [0.25, 0.3) is 0 Å². The molecular weight excluding hydrogens is 909 g/mol. The number of carbonyl (C=O) groups excluding carboxylic acids is 2. The van der Waals surface area contributed by atoms with Crippen LogP contribution in [0.1, 0.15) is 271 Å². The number of unbranched alkanes of at least 4 members (excludes halogenated alkanes) is 25. The number of esters is 2. The van der Waals surface area contributed by atoms with Gasteiger partial charge in [0.1, 0.15) is 6.61 Å². The number of hydrogen-bond donors (Lipinski definition) is 1. The minimum absolute atomic E-state index is 0.0806. The molecule has 0 aliphatic carbocycles. The summed E-state index contributed by atoms with van der Waals surface area (Å²) in [5.74, 6) is -0.611. The Bertz CT molecular complexity index is 1530. The molecule has 0 radical (unpaired) electrons. The lowest BCUT2D eigenvalue weighted by atomic mass is 10.0. The number of aliphatic hydroxyl groups excluding tert-OH is 1. The number of hydrogen-bond acceptors (Lipinski definition) is 5. The van der Waals surface area contributed by atoms with Crippen LogP contribution in [0.15, 0.2) is 134 Å². The maximum absolute atomic E-state index is 12.3. The molecule has 5 heteroatoms. The summed E-state index contributed by atoms with van der Waals surface area (Å²) in [6, 6.07) is 0. The number of allylic oxidation sites excluding steroid dienone is 22. The van der Waals surface area contributed by atoms with Crippen LogP contribution in [-0.4, -0.2) is 36.4 Å². The molecule has 0 aromatic rings. The summed E-state index contributed by atoms with van der Waals surface area (Å²) in [6.07, 6.45) is 94.5. The summed E-state index contributed by atoms with van der Waals surface area (Å²) in [7, 11) is 0. The topological polar surface area (TPSA) is 72.8 Å². The first-order valence-corrected chi connectivity index (χ1v) is 30.7. The second-order valence-electron chi connectivity index (χ2n) is 20.0. The van der Waals surface area contributed by atoms with Gasteiger partial charge in [-0.1, -0.05) is 282 Å². The lowest BCUT2D eigenvalue weighted by molar-refractivity contribution is -0.161. The summed E-state index contributed by atoms with van der Waals surface area (Å²) in [6.45, 7) is 3.90. The minimum Gasteiger partial charge on any atom is -0.462 e. The van der Waals surface area contributed by atoms with Crippen LogP contribution in [0.4, 0.5) is 0 Å². The van der Waals surface area contributed by atoms with E-state index in [1.807, 2.05) is 0 Å². The Morgan fingerprint density at radius 3 is 0.811 bits per heavy atom. The largest absolute Gasteiger partial charge is 0.462 e. The molecule has 0 saturated carbocycles. The van der Waals surface area contributed by atoms with Crippen LogP contribution >= 0.6 is 0 Å². The van der Waals surface area contributed by atoms with Crippen LogP contribution < -0.4 is 0 Å². The van der Waals surface area contributed by atoms with Gasteiger partial charge in [-0.15, -0.1) is 0 Å². The fourth-order valence-electron chi connectivity index (χ4n) is 8.41. The average molecular weight is 1020 g/mol. The molecule has 1 atom stereocenters. The molecule has 1 unspecified atom stereocenters. The van der Waals surface area contributed by atoms with E-state index in [4.69, 9.17) is 9.47 Å². The molecular formula is C69H114O5. The molecule has 0 bridgehead atoms. The molecule has 0 rings (SSSR count). The van der Waals surface area contributed by atoms with Gasteiger partial charge in [-0.25, -0.2) is 0 Å². The highest BCUT2D eigenvalue weighted by atomic mass is 16.6. The fraction of sp³-hybridized carbons (Fsp3) is 0.652. The number of carbonyl (C=O) groups is 2. The SMILES string of the molecule is CC/C=C\C/C=C\C/C=C\C/C=C\C/C=C\C/C=C\CCCCCCCCCCCCCCCCCCCCCCC(=O)OC(CO)COC(=O)CCCCCCC/C=C\C/C=C\C/C=C\C/C=C\C/C=C\CC. The first-order chi connectivity index (χ1) is 36.6. The zero-order valence-corrected chi connectivity index (χ0v) is 48.1. The summed E-state index contributed by atoms with van der Waals surface area (Å²) >= 11 is 0. The van der Waals surface area contributed by atoms with E-state index in [9.17, 15) is 14.7 Å². The van der Waals surface area contributed by atoms with Crippen molar-refractivity contribution in [2.24, 2.45) is 0 Å². The Balaban J connectivity index is 3.49. The third kappa shape index (κ3) is 60.6. The normalized spacial score (nSPS) is 13.2. The molecule has 0 aromatic heterocycles. The predicted octanol–water partition coefficient (Wildman–Crippen LogP) is 21.2. The van der Waals surface area contributed by atoms with Gasteiger partial charge in [-0.2, -0.15) is 0 Å². The van der Waals surface area contributed by atoms with E-state index < -0.39 is 6.10 Å². The Hall–Kier alpha value is -3.96. The van der Waals surface area contributed by atoms with Crippen molar-refractivity contribution in [3.8, 4) is 0 Å². The molecule has 0 saturated heterocycles. The molecule has 74 heavy (non-hydrogen) atoms. The first-order valence-electron chi connectivity index (χ1n) is 30.7. The third-order valence-electron chi connectivity index (χ3n) is 12.9. The van der Waals surface area contributed by atoms with E-state index in [1.165, 1.54) is 116 Å². The molecule has 0 aliphatic heterocycles. The highest BCUT2D eigenvalue weighted by molar-refractivity contribution is 5.70. The molecule has 1 N–H and O–H groups in total. The Kier molecular flexibility index (Phi) is 59.9. The van der Waals surface area contributed by atoms with Gasteiger partial charge in [0.05, 0.1) is 6.61 Å². The Morgan fingerprint density at radius 1 is 0.311 bits per heavy atom. The van der Waals surface area contributed by atoms with Crippen molar-refractivity contribution < 1.29 is 24.2 Å². The van der Waals surface area contributed by atoms with Crippen LogP contribution in [0.5, 0.6) is 0 Å². The third-order valence-corrected chi connectivity index (χ3v) is 12.9. The quantitative estimate of drug-likeness (QED) is 0.0373. The number of aliphatic hydroxyl groups is 1. The highest BCUT2D eigenvalue weighted by Crippen LogP contribution is 2.16. The maximum Gasteiger partial charge on any atom is 0.306 e. The van der Waals surface area contributed by atoms with Crippen LogP contribution in [-0.2, 0) is 19.1 Å². The number of rotatable bonds is 55. The van der Waals surface area contributed by atoms with E-state index >= 15 is 0 Å². The highest BCUT2D eigenvalue weighted by Gasteiger charge is 2.16. The molecule has 420 valence electrons. The maximum atomic E-state index is 12.3. The number of ether oxygens (including phenoxy) is 2. The molecule has 0 aliphatic rings. The standard InChI is InChI=1S/C69H114O5/c1-3-5-7-9-11-13-15-17-19-21-23-25-26-27-28-29-30-31-32-33-34-35-36-37-38-39-40-41-42-44-46-48-50-52-54-56-58-60-62-64-69(72)74-67(65-70)66-73-68(71)63-61-59-57-55-53-51-49-47-45-43-24-22-20-18-16-14-12-10-8-6-4-2/h5-8,11-14,17-20,23-25,27-28,30-31,43,47,49,67,70H,3-4,9-10,15-16,21-22,26,29,32-42,44-46,48,50-66H2,1-2H3/b7-5-,8-6-,13-11-,14-12-,19-17-,20-18-,25-23-,28-27-,31-30-,43-24-,49-47-. The molecule has 0 fully saturated rings. The van der Waals surface area contributed by atoms with Crippen molar-refractivity contribution in [1.29, 1.82) is 0 Å². The van der Waals surface area contributed by atoms with Crippen molar-refractivity contribution in [3.05, 3.63) is 134 Å². The van der Waals surface area contributed by atoms with Gasteiger partial charge in [-0.3, -0.25) is 9.59 Å². The zero-order valence-electron chi connectivity index (χ0n) is 48.1. The van der Waals surface area contributed by atoms with E-state index in [0.717, 1.165) is 128 Å². The van der Waals surface area contributed by atoms with Crippen molar-refractivity contribution in [1.82, 2.24) is 0 Å². The summed E-state index contributed by atoms with van der Waals surface area (Å²) in [5.41, 5.74) is 0. The van der Waals surface area contributed by atoms with Gasteiger partial charge in [0.2, 0.25) is 0 Å². The van der Waals surface area contributed by atoms with E-state index in [-0.39, 0.29) is 25.2 Å². The van der Waals surface area contributed by atoms with Crippen molar-refractivity contribution in [2.45, 2.75) is 277 Å². The van der Waals surface area contributed by atoms with Gasteiger partial charge in [-0.05, 0) is 109 Å².